The topological polar surface area (TPSA) is 81.4 Å². The molecule has 0 saturated heterocycles. The molecule has 0 fully saturated rings. The van der Waals surface area contributed by atoms with Gasteiger partial charge in [0.1, 0.15) is 0 Å². The second kappa shape index (κ2) is 9.13. The van der Waals surface area contributed by atoms with E-state index in [4.69, 9.17) is 10.5 Å². The van der Waals surface area contributed by atoms with Gasteiger partial charge in [0.15, 0.2) is 0 Å². The molecule has 0 aromatic heterocycles. The van der Waals surface area contributed by atoms with Gasteiger partial charge in [0.25, 0.3) is 0 Å². The number of nitrogens with two attached hydrogens (primary N) is 1. The normalized spacial score (nSPS) is 11.8. The monoisotopic (exact) mass is 292 g/mol. The quantitative estimate of drug-likeness (QED) is 0.570. The number of benzene rings is 1. The lowest BCUT2D eigenvalue weighted by molar-refractivity contribution is -0.116. The summed E-state index contributed by atoms with van der Waals surface area (Å²) >= 11 is 0. The largest absolute Gasteiger partial charge is 0.462 e. The van der Waals surface area contributed by atoms with Crippen LogP contribution in [0.25, 0.3) is 0 Å². The van der Waals surface area contributed by atoms with Gasteiger partial charge in [-0.2, -0.15) is 0 Å². The lowest BCUT2D eigenvalue weighted by Crippen LogP contribution is -2.26. The van der Waals surface area contributed by atoms with Gasteiger partial charge in [-0.05, 0) is 37.1 Å². The molecule has 5 nitrogen and oxygen atoms in total. The number of carbonyl (C=O) groups excluding carboxylic acids is 2. The fourth-order valence-electron chi connectivity index (χ4n) is 1.68. The minimum atomic E-state index is -0.339. The molecule has 116 valence electrons. The standard InChI is InChI=1S/C16H24N2O3/c1-3-5-10-21-16(20)12-6-8-14(9-7-12)18-15(19)11-13(17)4-2/h6-9,13H,3-5,10-11,17H2,1-2H3,(H,18,19). The molecule has 1 aromatic rings. The molecule has 0 bridgehead atoms. The first-order valence-corrected chi connectivity index (χ1v) is 7.39. The zero-order valence-electron chi connectivity index (χ0n) is 12.7. The second-order valence-corrected chi connectivity index (χ2v) is 4.99. The Hall–Kier alpha value is -1.88. The maximum absolute atomic E-state index is 11.7. The Kier molecular flexibility index (Phi) is 7.46. The van der Waals surface area contributed by atoms with Crippen LogP contribution >= 0.6 is 0 Å². The Morgan fingerprint density at radius 3 is 2.48 bits per heavy atom. The van der Waals surface area contributed by atoms with Crippen molar-refractivity contribution in [2.24, 2.45) is 5.73 Å². The molecule has 1 atom stereocenters. The Morgan fingerprint density at radius 2 is 1.90 bits per heavy atom. The highest BCUT2D eigenvalue weighted by Gasteiger charge is 2.09. The SMILES string of the molecule is CCCCOC(=O)c1ccc(NC(=O)CC(N)CC)cc1. The van der Waals surface area contributed by atoms with Gasteiger partial charge in [0.05, 0.1) is 12.2 Å². The van der Waals surface area contributed by atoms with Gasteiger partial charge in [-0.3, -0.25) is 4.79 Å². The first-order valence-electron chi connectivity index (χ1n) is 7.39. The minimum absolute atomic E-state index is 0.123. The van der Waals surface area contributed by atoms with Crippen LogP contribution in [0, 0.1) is 0 Å². The maximum Gasteiger partial charge on any atom is 0.338 e. The van der Waals surface area contributed by atoms with Crippen LogP contribution in [0.4, 0.5) is 5.69 Å². The van der Waals surface area contributed by atoms with E-state index in [-0.39, 0.29) is 24.3 Å². The molecule has 1 rings (SSSR count). The van der Waals surface area contributed by atoms with Gasteiger partial charge in [0, 0.05) is 18.2 Å². The van der Waals surface area contributed by atoms with Crippen molar-refractivity contribution in [3.8, 4) is 0 Å². The molecule has 0 aliphatic carbocycles. The number of anilines is 1. The molecule has 3 N–H and O–H groups in total. The van der Waals surface area contributed by atoms with E-state index in [2.05, 4.69) is 5.32 Å². The van der Waals surface area contributed by atoms with Crippen molar-refractivity contribution >= 4 is 17.6 Å². The Bertz CT molecular complexity index is 457. The average molecular weight is 292 g/mol. The minimum Gasteiger partial charge on any atom is -0.462 e. The Labute approximate surface area is 125 Å². The molecule has 0 aliphatic heterocycles. The molecular formula is C16H24N2O3. The second-order valence-electron chi connectivity index (χ2n) is 4.99. The summed E-state index contributed by atoms with van der Waals surface area (Å²) in [6.45, 7) is 4.41. The van der Waals surface area contributed by atoms with E-state index >= 15 is 0 Å². The summed E-state index contributed by atoms with van der Waals surface area (Å²) in [5.74, 6) is -0.461. The van der Waals surface area contributed by atoms with Gasteiger partial charge >= 0.3 is 5.97 Å². The van der Waals surface area contributed by atoms with Gasteiger partial charge in [0.2, 0.25) is 5.91 Å². The molecule has 1 unspecified atom stereocenters. The summed E-state index contributed by atoms with van der Waals surface area (Å²) in [6.07, 6.45) is 2.89. The van der Waals surface area contributed by atoms with E-state index in [1.165, 1.54) is 0 Å². The van der Waals surface area contributed by atoms with Crippen LogP contribution in [0.3, 0.4) is 0 Å². The van der Waals surface area contributed by atoms with Crippen LogP contribution in [0.15, 0.2) is 24.3 Å². The molecule has 5 heteroatoms. The van der Waals surface area contributed by atoms with Crippen molar-refractivity contribution in [3.05, 3.63) is 29.8 Å². The van der Waals surface area contributed by atoms with Gasteiger partial charge < -0.3 is 15.8 Å². The van der Waals surface area contributed by atoms with Crippen molar-refractivity contribution in [2.75, 3.05) is 11.9 Å². The Balaban J connectivity index is 2.50. The number of carbonyl (C=O) groups is 2. The van der Waals surface area contributed by atoms with E-state index in [0.717, 1.165) is 19.3 Å². The third-order valence-electron chi connectivity index (χ3n) is 3.11. The van der Waals surface area contributed by atoms with Crippen LogP contribution in [-0.2, 0) is 9.53 Å². The number of hydrogen-bond donors (Lipinski definition) is 2. The highest BCUT2D eigenvalue weighted by atomic mass is 16.5. The zero-order chi connectivity index (χ0) is 15.7. The van der Waals surface area contributed by atoms with Crippen molar-refractivity contribution in [1.29, 1.82) is 0 Å². The molecule has 1 amide bonds. The zero-order valence-corrected chi connectivity index (χ0v) is 12.7. The van der Waals surface area contributed by atoms with E-state index in [1.54, 1.807) is 24.3 Å². The van der Waals surface area contributed by atoms with Crippen LogP contribution in [0.5, 0.6) is 0 Å². The third kappa shape index (κ3) is 6.40. The van der Waals surface area contributed by atoms with Crippen LogP contribution in [0.2, 0.25) is 0 Å². The maximum atomic E-state index is 11.7. The van der Waals surface area contributed by atoms with Crippen molar-refractivity contribution < 1.29 is 14.3 Å². The lowest BCUT2D eigenvalue weighted by Gasteiger charge is -2.10. The fraction of sp³-hybridized carbons (Fsp3) is 0.500. The molecule has 0 aliphatic rings. The van der Waals surface area contributed by atoms with Crippen molar-refractivity contribution in [1.82, 2.24) is 0 Å². The number of rotatable bonds is 8. The number of hydrogen-bond acceptors (Lipinski definition) is 4. The van der Waals surface area contributed by atoms with Gasteiger partial charge in [-0.15, -0.1) is 0 Å². The highest BCUT2D eigenvalue weighted by molar-refractivity contribution is 5.93. The summed E-state index contributed by atoms with van der Waals surface area (Å²) in [5.41, 5.74) is 6.85. The number of nitrogens with one attached hydrogen (secondary N) is 1. The summed E-state index contributed by atoms with van der Waals surface area (Å²) < 4.78 is 5.11. The van der Waals surface area contributed by atoms with E-state index < -0.39 is 0 Å². The number of amides is 1. The van der Waals surface area contributed by atoms with E-state index in [1.807, 2.05) is 13.8 Å². The van der Waals surface area contributed by atoms with Crippen molar-refractivity contribution in [3.63, 3.8) is 0 Å². The molecule has 0 spiro atoms. The van der Waals surface area contributed by atoms with Crippen LogP contribution in [-0.4, -0.2) is 24.5 Å². The molecule has 0 heterocycles. The first kappa shape index (κ1) is 17.2. The smallest absolute Gasteiger partial charge is 0.338 e. The predicted molar refractivity (Wildman–Crippen MR) is 83.1 cm³/mol. The highest BCUT2D eigenvalue weighted by Crippen LogP contribution is 2.11. The summed E-state index contributed by atoms with van der Waals surface area (Å²) in [5, 5.41) is 2.75. The summed E-state index contributed by atoms with van der Waals surface area (Å²) in [6, 6.07) is 6.53. The molecule has 0 radical (unpaired) electrons. The van der Waals surface area contributed by atoms with Gasteiger partial charge in [-0.25, -0.2) is 4.79 Å². The summed E-state index contributed by atoms with van der Waals surface area (Å²) in [4.78, 5) is 23.4. The van der Waals surface area contributed by atoms with Crippen LogP contribution in [0.1, 0.15) is 49.9 Å². The molecule has 0 saturated carbocycles. The lowest BCUT2D eigenvalue weighted by atomic mass is 10.1. The number of esters is 1. The van der Waals surface area contributed by atoms with Crippen LogP contribution < -0.4 is 11.1 Å². The predicted octanol–water partition coefficient (Wildman–Crippen LogP) is 2.71. The van der Waals surface area contributed by atoms with E-state index in [0.29, 0.717) is 17.9 Å². The fourth-order valence-corrected chi connectivity index (χ4v) is 1.68. The van der Waals surface area contributed by atoms with Crippen molar-refractivity contribution in [2.45, 2.75) is 45.6 Å². The molecular weight excluding hydrogens is 268 g/mol. The van der Waals surface area contributed by atoms with E-state index in [9.17, 15) is 9.59 Å². The number of ether oxygens (including phenoxy) is 1. The van der Waals surface area contributed by atoms with Gasteiger partial charge in [-0.1, -0.05) is 20.3 Å². The first-order chi connectivity index (χ1) is 10.1. The molecule has 21 heavy (non-hydrogen) atoms. The average Bonchev–Trinajstić information content (AvgIpc) is 2.47. The number of unbranched alkanes of at least 4 members (excludes halogenated alkanes) is 1. The third-order valence-corrected chi connectivity index (χ3v) is 3.11. The Morgan fingerprint density at radius 1 is 1.24 bits per heavy atom. The summed E-state index contributed by atoms with van der Waals surface area (Å²) in [7, 11) is 0. The molecule has 1 aromatic carbocycles.